The van der Waals surface area contributed by atoms with Crippen LogP contribution in [0.5, 0.6) is 11.5 Å². The van der Waals surface area contributed by atoms with Crippen molar-refractivity contribution >= 4 is 15.9 Å². The van der Waals surface area contributed by atoms with Crippen LogP contribution in [0.3, 0.4) is 0 Å². The van der Waals surface area contributed by atoms with Crippen LogP contribution in [0.25, 0.3) is 0 Å². The van der Waals surface area contributed by atoms with Crippen LogP contribution < -0.4 is 14.8 Å². The predicted octanol–water partition coefficient (Wildman–Crippen LogP) is 1.87. The smallest absolute Gasteiger partial charge is 0.243 e. The molecule has 0 spiro atoms. The Balaban J connectivity index is 1.98. The predicted molar refractivity (Wildman–Crippen MR) is 116 cm³/mol. The molecule has 9 heteroatoms. The molecule has 3 rings (SSSR count). The Bertz CT molecular complexity index is 996. The summed E-state index contributed by atoms with van der Waals surface area (Å²) in [4.78, 5) is 13.2. The zero-order valence-corrected chi connectivity index (χ0v) is 18.7. The van der Waals surface area contributed by atoms with Gasteiger partial charge in [0.15, 0.2) is 11.5 Å². The number of sulfonamides is 1. The lowest BCUT2D eigenvalue weighted by Gasteiger charge is -2.21. The molecule has 2 aromatic carbocycles. The van der Waals surface area contributed by atoms with Gasteiger partial charge in [0.2, 0.25) is 15.9 Å². The molecule has 0 unspecified atom stereocenters. The number of nitrogens with zero attached hydrogens (tertiary/aromatic N) is 1. The molecule has 0 saturated carbocycles. The number of methoxy groups -OCH3 is 3. The molecule has 1 N–H and O–H groups in total. The number of hydrogen-bond acceptors (Lipinski definition) is 6. The molecule has 8 nitrogen and oxygen atoms in total. The molecule has 1 saturated heterocycles. The van der Waals surface area contributed by atoms with Crippen LogP contribution in [0.1, 0.15) is 11.5 Å². The van der Waals surface area contributed by atoms with Crippen molar-refractivity contribution in [2.45, 2.75) is 10.8 Å². The summed E-state index contributed by atoms with van der Waals surface area (Å²) < 4.78 is 43.8. The van der Waals surface area contributed by atoms with E-state index >= 15 is 0 Å². The van der Waals surface area contributed by atoms with E-state index in [4.69, 9.17) is 14.2 Å². The molecule has 0 aliphatic carbocycles. The molecule has 1 heterocycles. The lowest BCUT2D eigenvalue weighted by atomic mass is 9.87. The van der Waals surface area contributed by atoms with E-state index in [1.54, 1.807) is 43.5 Å². The maximum atomic E-state index is 13.2. The maximum Gasteiger partial charge on any atom is 0.243 e. The first-order valence-corrected chi connectivity index (χ1v) is 11.4. The number of ether oxygens (including phenoxy) is 3. The van der Waals surface area contributed by atoms with Crippen molar-refractivity contribution in [1.29, 1.82) is 0 Å². The van der Waals surface area contributed by atoms with E-state index in [0.29, 0.717) is 24.7 Å². The normalized spacial score (nSPS) is 19.2. The third-order valence-corrected chi connectivity index (χ3v) is 7.29. The lowest BCUT2D eigenvalue weighted by molar-refractivity contribution is -0.125. The Hall–Kier alpha value is -2.62. The van der Waals surface area contributed by atoms with Gasteiger partial charge in [0.25, 0.3) is 0 Å². The zero-order chi connectivity index (χ0) is 22.4. The topological polar surface area (TPSA) is 94.2 Å². The average Bonchev–Trinajstić information content (AvgIpc) is 3.25. The highest BCUT2D eigenvalue weighted by atomic mass is 32.2. The summed E-state index contributed by atoms with van der Waals surface area (Å²) in [6.07, 6.45) is 0. The number of rotatable bonds is 9. The highest BCUT2D eigenvalue weighted by Gasteiger charge is 2.44. The molecule has 1 aliphatic rings. The van der Waals surface area contributed by atoms with Gasteiger partial charge in [-0.05, 0) is 18.2 Å². The van der Waals surface area contributed by atoms with E-state index in [-0.39, 0.29) is 23.9 Å². The fraction of sp³-hybridized carbons (Fsp3) is 0.409. The Labute approximate surface area is 183 Å². The third kappa shape index (κ3) is 4.84. The molecule has 1 aliphatic heterocycles. The number of nitrogens with one attached hydrogen (secondary N) is 1. The minimum atomic E-state index is -3.75. The van der Waals surface area contributed by atoms with Crippen molar-refractivity contribution in [2.75, 3.05) is 47.6 Å². The molecular weight excluding hydrogens is 420 g/mol. The minimum absolute atomic E-state index is 0.0705. The first-order chi connectivity index (χ1) is 14.9. The molecule has 31 heavy (non-hydrogen) atoms. The van der Waals surface area contributed by atoms with Gasteiger partial charge >= 0.3 is 0 Å². The van der Waals surface area contributed by atoms with E-state index < -0.39 is 21.9 Å². The standard InChI is InChI=1S/C22H28N2O6S/c1-28-13-12-23-22(25)19-15-24(31(26,27)16-8-5-4-6-9-16)14-18(19)17-10-7-11-20(29-2)21(17)30-3/h4-11,18-19H,12-15H2,1-3H3,(H,23,25)/t18-,19-/m0/s1. The van der Waals surface area contributed by atoms with Crippen molar-refractivity contribution in [3.05, 3.63) is 54.1 Å². The first kappa shape index (κ1) is 23.1. The number of carbonyl (C=O) groups excluding carboxylic acids is 1. The Morgan fingerprint density at radius 3 is 2.42 bits per heavy atom. The fourth-order valence-corrected chi connectivity index (χ4v) is 5.41. The summed E-state index contributed by atoms with van der Waals surface area (Å²) in [5.41, 5.74) is 0.736. The molecule has 2 aromatic rings. The van der Waals surface area contributed by atoms with Crippen LogP contribution >= 0.6 is 0 Å². The second-order valence-electron chi connectivity index (χ2n) is 7.21. The minimum Gasteiger partial charge on any atom is -0.493 e. The van der Waals surface area contributed by atoms with Crippen LogP contribution in [0.15, 0.2) is 53.4 Å². The summed E-state index contributed by atoms with van der Waals surface area (Å²) in [5, 5.41) is 2.85. The third-order valence-electron chi connectivity index (χ3n) is 5.44. The van der Waals surface area contributed by atoms with Crippen LogP contribution in [0, 0.1) is 5.92 Å². The summed E-state index contributed by atoms with van der Waals surface area (Å²) in [7, 11) is 0.875. The zero-order valence-electron chi connectivity index (χ0n) is 17.9. The van der Waals surface area contributed by atoms with Crippen LogP contribution in [0.4, 0.5) is 0 Å². The van der Waals surface area contributed by atoms with E-state index in [0.717, 1.165) is 5.56 Å². The van der Waals surface area contributed by atoms with E-state index in [1.165, 1.54) is 18.5 Å². The van der Waals surface area contributed by atoms with Gasteiger partial charge in [0.05, 0.1) is 31.6 Å². The summed E-state index contributed by atoms with van der Waals surface area (Å²) in [6.45, 7) is 0.945. The van der Waals surface area contributed by atoms with Gasteiger partial charge in [-0.2, -0.15) is 4.31 Å². The second kappa shape index (κ2) is 10.1. The van der Waals surface area contributed by atoms with Gasteiger partial charge in [-0.15, -0.1) is 0 Å². The average molecular weight is 449 g/mol. The summed E-state index contributed by atoms with van der Waals surface area (Å²) >= 11 is 0. The molecular formula is C22H28N2O6S. The quantitative estimate of drug-likeness (QED) is 0.589. The molecule has 1 amide bonds. The van der Waals surface area contributed by atoms with Crippen LogP contribution in [-0.2, 0) is 19.6 Å². The number of para-hydroxylation sites is 1. The van der Waals surface area contributed by atoms with E-state index in [1.807, 2.05) is 12.1 Å². The Morgan fingerprint density at radius 2 is 1.77 bits per heavy atom. The molecule has 0 bridgehead atoms. The molecule has 168 valence electrons. The molecule has 0 aromatic heterocycles. The number of benzene rings is 2. The van der Waals surface area contributed by atoms with Gasteiger partial charge in [-0.3, -0.25) is 4.79 Å². The summed E-state index contributed by atoms with van der Waals surface area (Å²) in [5.74, 6) is -0.174. The van der Waals surface area contributed by atoms with Gasteiger partial charge in [-0.1, -0.05) is 30.3 Å². The van der Waals surface area contributed by atoms with Crippen molar-refractivity contribution < 1.29 is 27.4 Å². The van der Waals surface area contributed by atoms with Crippen LogP contribution in [0.2, 0.25) is 0 Å². The Kier molecular flexibility index (Phi) is 7.53. The number of amides is 1. The summed E-state index contributed by atoms with van der Waals surface area (Å²) in [6, 6.07) is 13.7. The molecule has 1 fully saturated rings. The van der Waals surface area contributed by atoms with Gasteiger partial charge in [0.1, 0.15) is 0 Å². The van der Waals surface area contributed by atoms with Crippen LogP contribution in [-0.4, -0.2) is 66.2 Å². The maximum absolute atomic E-state index is 13.2. The van der Waals surface area contributed by atoms with Gasteiger partial charge in [0, 0.05) is 38.2 Å². The number of hydrogen-bond donors (Lipinski definition) is 1. The first-order valence-electron chi connectivity index (χ1n) is 9.96. The fourth-order valence-electron chi connectivity index (χ4n) is 3.90. The van der Waals surface area contributed by atoms with Gasteiger partial charge in [-0.25, -0.2) is 8.42 Å². The lowest BCUT2D eigenvalue weighted by Crippen LogP contribution is -2.37. The highest BCUT2D eigenvalue weighted by Crippen LogP contribution is 2.43. The van der Waals surface area contributed by atoms with E-state index in [2.05, 4.69) is 5.32 Å². The monoisotopic (exact) mass is 448 g/mol. The van der Waals surface area contributed by atoms with Crippen molar-refractivity contribution in [2.24, 2.45) is 5.92 Å². The second-order valence-corrected chi connectivity index (χ2v) is 9.15. The molecule has 2 atom stereocenters. The van der Waals surface area contributed by atoms with Crippen molar-refractivity contribution in [1.82, 2.24) is 9.62 Å². The van der Waals surface area contributed by atoms with Gasteiger partial charge < -0.3 is 19.5 Å². The van der Waals surface area contributed by atoms with Crippen molar-refractivity contribution in [3.8, 4) is 11.5 Å². The SMILES string of the molecule is COCCNC(=O)[C@H]1CN(S(=O)(=O)c2ccccc2)C[C@H]1c1cccc(OC)c1OC. The largest absolute Gasteiger partial charge is 0.493 e. The Morgan fingerprint density at radius 1 is 1.03 bits per heavy atom. The highest BCUT2D eigenvalue weighted by molar-refractivity contribution is 7.89. The van der Waals surface area contributed by atoms with Crippen molar-refractivity contribution in [3.63, 3.8) is 0 Å². The van der Waals surface area contributed by atoms with E-state index in [9.17, 15) is 13.2 Å². The number of carbonyl (C=O) groups is 1. The molecule has 0 radical (unpaired) electrons.